The predicted molar refractivity (Wildman–Crippen MR) is 56.2 cm³/mol. The zero-order valence-electron chi connectivity index (χ0n) is 8.00. The average molecular weight is 241 g/mol. The minimum absolute atomic E-state index is 0.0449. The number of esters is 1. The number of aliphatic hydroxyl groups is 1. The summed E-state index contributed by atoms with van der Waals surface area (Å²) >= 11 is 10.7. The molecule has 82 valence electrons. The molecular formula is C9H14Cl2O3. The molecule has 0 aliphatic rings. The maximum Gasteiger partial charge on any atom is 0.315 e. The number of carbonyl (C=O) groups is 1. The van der Waals surface area contributed by atoms with Crippen molar-refractivity contribution in [1.29, 1.82) is 0 Å². The molecule has 3 nitrogen and oxygen atoms in total. The van der Waals surface area contributed by atoms with E-state index in [-0.39, 0.29) is 11.1 Å². The van der Waals surface area contributed by atoms with E-state index in [0.29, 0.717) is 6.61 Å². The summed E-state index contributed by atoms with van der Waals surface area (Å²) in [6.07, 6.45) is 3.02. The van der Waals surface area contributed by atoms with Crippen molar-refractivity contribution in [3.05, 3.63) is 10.6 Å². The quantitative estimate of drug-likeness (QED) is 0.573. The molecule has 0 radical (unpaired) electrons. The third-order valence-corrected chi connectivity index (χ3v) is 1.82. The number of rotatable bonds is 6. The molecule has 0 saturated heterocycles. The summed E-state index contributed by atoms with van der Waals surface area (Å²) in [5.74, 6) is -1.27. The summed E-state index contributed by atoms with van der Waals surface area (Å²) in [6, 6.07) is 0. The fourth-order valence-electron chi connectivity index (χ4n) is 0.771. The van der Waals surface area contributed by atoms with Gasteiger partial charge in [-0.25, -0.2) is 0 Å². The van der Waals surface area contributed by atoms with Gasteiger partial charge in [-0.15, -0.1) is 0 Å². The lowest BCUT2D eigenvalue weighted by atomic mass is 10.2. The fourth-order valence-corrected chi connectivity index (χ4v) is 1.08. The van der Waals surface area contributed by atoms with Crippen molar-refractivity contribution in [2.75, 3.05) is 13.2 Å². The third kappa shape index (κ3) is 6.24. The second-order valence-electron chi connectivity index (χ2n) is 2.77. The molecular weight excluding hydrogens is 227 g/mol. The van der Waals surface area contributed by atoms with E-state index in [1.807, 2.05) is 6.92 Å². The first kappa shape index (κ1) is 13.8. The van der Waals surface area contributed by atoms with E-state index >= 15 is 0 Å². The van der Waals surface area contributed by atoms with E-state index in [9.17, 15) is 4.79 Å². The molecule has 0 rings (SSSR count). The SMILES string of the molecule is CCCCOC(=O)C(C=C(Cl)Cl)CO. The van der Waals surface area contributed by atoms with Gasteiger partial charge in [-0.1, -0.05) is 36.5 Å². The second-order valence-corrected chi connectivity index (χ2v) is 3.77. The minimum Gasteiger partial charge on any atom is -0.465 e. The number of halogens is 2. The Morgan fingerprint density at radius 1 is 1.57 bits per heavy atom. The molecule has 5 heteroatoms. The first-order chi connectivity index (χ1) is 6.61. The number of hydrogen-bond acceptors (Lipinski definition) is 3. The number of unbranched alkanes of at least 4 members (excludes halogenated alkanes) is 1. The van der Waals surface area contributed by atoms with E-state index in [0.717, 1.165) is 12.8 Å². The maximum absolute atomic E-state index is 11.2. The van der Waals surface area contributed by atoms with Crippen LogP contribution in [0.1, 0.15) is 19.8 Å². The normalized spacial score (nSPS) is 12.0. The summed E-state index contributed by atoms with van der Waals surface area (Å²) in [6.45, 7) is 2.00. The van der Waals surface area contributed by atoms with Crippen LogP contribution in [-0.2, 0) is 9.53 Å². The lowest BCUT2D eigenvalue weighted by Gasteiger charge is -2.09. The van der Waals surface area contributed by atoms with Gasteiger partial charge >= 0.3 is 5.97 Å². The Labute approximate surface area is 93.6 Å². The summed E-state index contributed by atoms with van der Waals surface area (Å²) in [5, 5.41) is 8.84. The Kier molecular flexibility index (Phi) is 7.95. The predicted octanol–water partition coefficient (Wildman–Crippen LogP) is 2.26. The van der Waals surface area contributed by atoms with Crippen molar-refractivity contribution in [3.8, 4) is 0 Å². The van der Waals surface area contributed by atoms with E-state index in [1.54, 1.807) is 0 Å². The maximum atomic E-state index is 11.2. The van der Waals surface area contributed by atoms with Gasteiger partial charge in [0, 0.05) is 0 Å². The topological polar surface area (TPSA) is 46.5 Å². The lowest BCUT2D eigenvalue weighted by Crippen LogP contribution is -2.19. The molecule has 0 spiro atoms. The Bertz CT molecular complexity index is 200. The summed E-state index contributed by atoms with van der Waals surface area (Å²) in [7, 11) is 0. The van der Waals surface area contributed by atoms with Gasteiger partial charge in [-0.3, -0.25) is 4.79 Å². The molecule has 0 aromatic rings. The summed E-state index contributed by atoms with van der Waals surface area (Å²) in [4.78, 5) is 11.2. The molecule has 0 heterocycles. The first-order valence-corrected chi connectivity index (χ1v) is 5.17. The van der Waals surface area contributed by atoms with Crippen LogP contribution in [0.25, 0.3) is 0 Å². The van der Waals surface area contributed by atoms with Gasteiger partial charge in [0.2, 0.25) is 0 Å². The van der Waals surface area contributed by atoms with Crippen molar-refractivity contribution >= 4 is 29.2 Å². The first-order valence-electron chi connectivity index (χ1n) is 4.42. The molecule has 0 aliphatic heterocycles. The highest BCUT2D eigenvalue weighted by molar-refractivity contribution is 6.55. The van der Waals surface area contributed by atoms with E-state index in [1.165, 1.54) is 6.08 Å². The number of aliphatic hydroxyl groups excluding tert-OH is 1. The van der Waals surface area contributed by atoms with Crippen LogP contribution in [0.5, 0.6) is 0 Å². The molecule has 0 saturated carbocycles. The van der Waals surface area contributed by atoms with Gasteiger partial charge in [0.05, 0.1) is 13.2 Å². The average Bonchev–Trinajstić information content (AvgIpc) is 2.14. The Hall–Kier alpha value is -0.250. The van der Waals surface area contributed by atoms with Crippen molar-refractivity contribution in [1.82, 2.24) is 0 Å². The number of hydrogen-bond donors (Lipinski definition) is 1. The van der Waals surface area contributed by atoms with Crippen molar-refractivity contribution < 1.29 is 14.6 Å². The zero-order valence-corrected chi connectivity index (χ0v) is 9.51. The van der Waals surface area contributed by atoms with Gasteiger partial charge in [0.25, 0.3) is 0 Å². The second kappa shape index (κ2) is 8.09. The molecule has 1 atom stereocenters. The molecule has 1 N–H and O–H groups in total. The molecule has 0 fully saturated rings. The fraction of sp³-hybridized carbons (Fsp3) is 0.667. The van der Waals surface area contributed by atoms with Crippen LogP contribution in [0.2, 0.25) is 0 Å². The van der Waals surface area contributed by atoms with Crippen LogP contribution >= 0.6 is 23.2 Å². The molecule has 0 amide bonds. The Morgan fingerprint density at radius 3 is 2.64 bits per heavy atom. The Balaban J connectivity index is 3.99. The molecule has 0 aromatic heterocycles. The van der Waals surface area contributed by atoms with Crippen molar-refractivity contribution in [3.63, 3.8) is 0 Å². The van der Waals surface area contributed by atoms with Crippen LogP contribution in [0.3, 0.4) is 0 Å². The monoisotopic (exact) mass is 240 g/mol. The van der Waals surface area contributed by atoms with Gasteiger partial charge < -0.3 is 9.84 Å². The van der Waals surface area contributed by atoms with Crippen LogP contribution < -0.4 is 0 Å². The molecule has 14 heavy (non-hydrogen) atoms. The highest BCUT2D eigenvalue weighted by Gasteiger charge is 2.16. The van der Waals surface area contributed by atoms with Gasteiger partial charge in [0.1, 0.15) is 10.4 Å². The molecule has 1 unspecified atom stereocenters. The van der Waals surface area contributed by atoms with Crippen LogP contribution in [-0.4, -0.2) is 24.3 Å². The summed E-state index contributed by atoms with van der Waals surface area (Å²) in [5.41, 5.74) is 0. The molecule has 0 aliphatic carbocycles. The van der Waals surface area contributed by atoms with Gasteiger partial charge in [0.15, 0.2) is 0 Å². The standard InChI is InChI=1S/C9H14Cl2O3/c1-2-3-4-14-9(13)7(6-12)5-8(10)11/h5,7,12H,2-4,6H2,1H3. The molecule has 0 aromatic carbocycles. The van der Waals surface area contributed by atoms with Gasteiger partial charge in [-0.2, -0.15) is 0 Å². The van der Waals surface area contributed by atoms with Gasteiger partial charge in [-0.05, 0) is 12.5 Å². The number of carbonyl (C=O) groups excluding carboxylic acids is 1. The van der Waals surface area contributed by atoms with Crippen molar-refractivity contribution in [2.45, 2.75) is 19.8 Å². The zero-order chi connectivity index (χ0) is 11.0. The highest BCUT2D eigenvalue weighted by atomic mass is 35.5. The van der Waals surface area contributed by atoms with Crippen molar-refractivity contribution in [2.24, 2.45) is 5.92 Å². The molecule has 0 bridgehead atoms. The summed E-state index contributed by atoms with van der Waals surface area (Å²) < 4.78 is 4.83. The smallest absolute Gasteiger partial charge is 0.315 e. The van der Waals surface area contributed by atoms with Crippen LogP contribution in [0, 0.1) is 5.92 Å². The van der Waals surface area contributed by atoms with Crippen LogP contribution in [0.15, 0.2) is 10.6 Å². The van der Waals surface area contributed by atoms with Crippen LogP contribution in [0.4, 0.5) is 0 Å². The number of ether oxygens (including phenoxy) is 1. The van der Waals surface area contributed by atoms with E-state index in [2.05, 4.69) is 0 Å². The highest BCUT2D eigenvalue weighted by Crippen LogP contribution is 2.12. The minimum atomic E-state index is -0.767. The van der Waals surface area contributed by atoms with E-state index in [4.69, 9.17) is 33.0 Å². The third-order valence-electron chi connectivity index (χ3n) is 1.57. The lowest BCUT2D eigenvalue weighted by molar-refractivity contribution is -0.148. The largest absolute Gasteiger partial charge is 0.465 e. The van der Waals surface area contributed by atoms with E-state index < -0.39 is 11.9 Å². The Morgan fingerprint density at radius 2 is 2.21 bits per heavy atom.